The van der Waals surface area contributed by atoms with Gasteiger partial charge in [0.05, 0.1) is 12.7 Å². The number of rotatable bonds is 2. The van der Waals surface area contributed by atoms with Gasteiger partial charge in [0.25, 0.3) is 0 Å². The number of halogens is 1. The standard InChI is InChI=1S/C10H12ClNO2/c1-12(2)9-5-7(10(13)14-3)4-8(11)6-9/h4-6H,1-3H3. The van der Waals surface area contributed by atoms with E-state index in [-0.39, 0.29) is 5.97 Å². The number of carbonyl (C=O) groups is 1. The van der Waals surface area contributed by atoms with E-state index in [0.717, 1.165) is 5.69 Å². The first-order chi connectivity index (χ1) is 6.54. The Morgan fingerprint density at radius 2 is 2.00 bits per heavy atom. The van der Waals surface area contributed by atoms with E-state index in [9.17, 15) is 4.79 Å². The van der Waals surface area contributed by atoms with Crippen LogP contribution in [0, 0.1) is 0 Å². The first-order valence-electron chi connectivity index (χ1n) is 4.11. The Hall–Kier alpha value is -1.22. The van der Waals surface area contributed by atoms with Crippen LogP contribution in [0.4, 0.5) is 5.69 Å². The summed E-state index contributed by atoms with van der Waals surface area (Å²) in [4.78, 5) is 13.1. The predicted octanol–water partition coefficient (Wildman–Crippen LogP) is 2.19. The summed E-state index contributed by atoms with van der Waals surface area (Å²) in [5.74, 6) is -0.379. The van der Waals surface area contributed by atoms with Crippen LogP contribution in [0.1, 0.15) is 10.4 Å². The first-order valence-corrected chi connectivity index (χ1v) is 4.48. The van der Waals surface area contributed by atoms with Gasteiger partial charge in [-0.05, 0) is 18.2 Å². The molecule has 14 heavy (non-hydrogen) atoms. The molecule has 0 aromatic heterocycles. The lowest BCUT2D eigenvalue weighted by atomic mass is 10.2. The van der Waals surface area contributed by atoms with E-state index < -0.39 is 0 Å². The number of anilines is 1. The number of benzene rings is 1. The average molecular weight is 214 g/mol. The molecule has 0 atom stereocenters. The van der Waals surface area contributed by atoms with Gasteiger partial charge in [-0.2, -0.15) is 0 Å². The number of hydrogen-bond acceptors (Lipinski definition) is 3. The Morgan fingerprint density at radius 1 is 1.36 bits per heavy atom. The van der Waals surface area contributed by atoms with Crippen LogP contribution in [0.2, 0.25) is 5.02 Å². The molecule has 0 aliphatic heterocycles. The molecular weight excluding hydrogens is 202 g/mol. The summed E-state index contributed by atoms with van der Waals surface area (Å²) in [6, 6.07) is 5.10. The largest absolute Gasteiger partial charge is 0.465 e. The molecule has 0 bridgehead atoms. The molecule has 0 heterocycles. The third-order valence-corrected chi connectivity index (χ3v) is 2.04. The highest BCUT2D eigenvalue weighted by Crippen LogP contribution is 2.21. The number of hydrogen-bond donors (Lipinski definition) is 0. The Labute approximate surface area is 88.2 Å². The number of nitrogens with zero attached hydrogens (tertiary/aromatic N) is 1. The fourth-order valence-corrected chi connectivity index (χ4v) is 1.30. The van der Waals surface area contributed by atoms with Crippen LogP contribution in [0.5, 0.6) is 0 Å². The predicted molar refractivity (Wildman–Crippen MR) is 57.1 cm³/mol. The van der Waals surface area contributed by atoms with Gasteiger partial charge in [-0.3, -0.25) is 0 Å². The topological polar surface area (TPSA) is 29.5 Å². The van der Waals surface area contributed by atoms with Crippen molar-refractivity contribution in [3.05, 3.63) is 28.8 Å². The van der Waals surface area contributed by atoms with E-state index in [1.807, 2.05) is 19.0 Å². The Balaban J connectivity index is 3.13. The molecule has 1 aromatic carbocycles. The Bertz CT molecular complexity index is 350. The molecule has 0 spiro atoms. The van der Waals surface area contributed by atoms with Gasteiger partial charge in [0.15, 0.2) is 0 Å². The summed E-state index contributed by atoms with van der Waals surface area (Å²) in [5, 5.41) is 0.525. The molecule has 0 radical (unpaired) electrons. The van der Waals surface area contributed by atoms with Gasteiger partial charge in [0, 0.05) is 24.8 Å². The zero-order valence-corrected chi connectivity index (χ0v) is 9.13. The van der Waals surface area contributed by atoms with Crippen molar-refractivity contribution in [2.75, 3.05) is 26.1 Å². The van der Waals surface area contributed by atoms with E-state index >= 15 is 0 Å². The molecule has 3 nitrogen and oxygen atoms in total. The van der Waals surface area contributed by atoms with Crippen LogP contribution < -0.4 is 4.90 Å². The van der Waals surface area contributed by atoms with Crippen LogP contribution in [0.3, 0.4) is 0 Å². The number of carbonyl (C=O) groups excluding carboxylic acids is 1. The van der Waals surface area contributed by atoms with Crippen LogP contribution in [-0.2, 0) is 4.74 Å². The fraction of sp³-hybridized carbons (Fsp3) is 0.300. The molecule has 0 aliphatic rings. The molecule has 0 fully saturated rings. The fourth-order valence-electron chi connectivity index (χ4n) is 1.07. The highest BCUT2D eigenvalue weighted by molar-refractivity contribution is 6.31. The second-order valence-electron chi connectivity index (χ2n) is 3.08. The average Bonchev–Trinajstić information content (AvgIpc) is 2.15. The van der Waals surface area contributed by atoms with Crippen molar-refractivity contribution >= 4 is 23.3 Å². The van der Waals surface area contributed by atoms with Crippen LogP contribution in [0.15, 0.2) is 18.2 Å². The number of esters is 1. The Morgan fingerprint density at radius 3 is 2.50 bits per heavy atom. The highest BCUT2D eigenvalue weighted by atomic mass is 35.5. The number of ether oxygens (including phenoxy) is 1. The minimum Gasteiger partial charge on any atom is -0.465 e. The molecule has 0 N–H and O–H groups in total. The van der Waals surface area contributed by atoms with Crippen molar-refractivity contribution in [1.82, 2.24) is 0 Å². The van der Waals surface area contributed by atoms with Crippen molar-refractivity contribution in [1.29, 1.82) is 0 Å². The molecule has 0 aliphatic carbocycles. The molecule has 0 unspecified atom stereocenters. The minimum absolute atomic E-state index is 0.379. The van der Waals surface area contributed by atoms with Gasteiger partial charge in [-0.15, -0.1) is 0 Å². The summed E-state index contributed by atoms with van der Waals surface area (Å²) in [6.45, 7) is 0. The van der Waals surface area contributed by atoms with Crippen molar-refractivity contribution in [3.63, 3.8) is 0 Å². The molecule has 1 rings (SSSR count). The quantitative estimate of drug-likeness (QED) is 0.706. The Kier molecular flexibility index (Phi) is 3.36. The van der Waals surface area contributed by atoms with E-state index in [4.69, 9.17) is 11.6 Å². The number of methoxy groups -OCH3 is 1. The molecular formula is C10H12ClNO2. The van der Waals surface area contributed by atoms with Crippen LogP contribution in [-0.4, -0.2) is 27.2 Å². The normalized spacial score (nSPS) is 9.71. The van der Waals surface area contributed by atoms with Gasteiger partial charge in [0.2, 0.25) is 0 Å². The summed E-state index contributed by atoms with van der Waals surface area (Å²) < 4.78 is 4.61. The van der Waals surface area contributed by atoms with Gasteiger partial charge in [-0.1, -0.05) is 11.6 Å². The third kappa shape index (κ3) is 2.39. The monoisotopic (exact) mass is 213 g/mol. The highest BCUT2D eigenvalue weighted by Gasteiger charge is 2.08. The van der Waals surface area contributed by atoms with Crippen LogP contribution in [0.25, 0.3) is 0 Å². The lowest BCUT2D eigenvalue weighted by molar-refractivity contribution is 0.0601. The molecule has 0 saturated heterocycles. The van der Waals surface area contributed by atoms with Gasteiger partial charge in [-0.25, -0.2) is 4.79 Å². The molecule has 0 saturated carbocycles. The maximum absolute atomic E-state index is 11.2. The van der Waals surface area contributed by atoms with Crippen molar-refractivity contribution in [2.24, 2.45) is 0 Å². The SMILES string of the molecule is COC(=O)c1cc(Cl)cc(N(C)C)c1. The van der Waals surface area contributed by atoms with E-state index in [1.54, 1.807) is 18.2 Å². The van der Waals surface area contributed by atoms with Crippen molar-refractivity contribution in [3.8, 4) is 0 Å². The summed E-state index contributed by atoms with van der Waals surface area (Å²) in [5.41, 5.74) is 1.33. The third-order valence-electron chi connectivity index (χ3n) is 1.82. The lowest BCUT2D eigenvalue weighted by Gasteiger charge is -2.13. The van der Waals surface area contributed by atoms with E-state index in [1.165, 1.54) is 7.11 Å². The summed E-state index contributed by atoms with van der Waals surface area (Å²) in [7, 11) is 5.11. The zero-order chi connectivity index (χ0) is 10.7. The van der Waals surface area contributed by atoms with Gasteiger partial charge in [0.1, 0.15) is 0 Å². The summed E-state index contributed by atoms with van der Waals surface area (Å²) in [6.07, 6.45) is 0. The first kappa shape index (κ1) is 10.9. The molecule has 76 valence electrons. The molecule has 0 amide bonds. The minimum atomic E-state index is -0.379. The second kappa shape index (κ2) is 4.33. The van der Waals surface area contributed by atoms with Crippen molar-refractivity contribution in [2.45, 2.75) is 0 Å². The maximum atomic E-state index is 11.2. The van der Waals surface area contributed by atoms with E-state index in [0.29, 0.717) is 10.6 Å². The smallest absolute Gasteiger partial charge is 0.337 e. The van der Waals surface area contributed by atoms with Crippen molar-refractivity contribution < 1.29 is 9.53 Å². The maximum Gasteiger partial charge on any atom is 0.337 e. The lowest BCUT2D eigenvalue weighted by Crippen LogP contribution is -2.10. The van der Waals surface area contributed by atoms with Gasteiger partial charge < -0.3 is 9.64 Å². The van der Waals surface area contributed by atoms with Crippen LogP contribution >= 0.6 is 11.6 Å². The second-order valence-corrected chi connectivity index (χ2v) is 3.52. The molecule has 1 aromatic rings. The summed E-state index contributed by atoms with van der Waals surface area (Å²) >= 11 is 5.86. The zero-order valence-electron chi connectivity index (χ0n) is 8.37. The van der Waals surface area contributed by atoms with E-state index in [2.05, 4.69) is 4.74 Å². The van der Waals surface area contributed by atoms with Gasteiger partial charge >= 0.3 is 5.97 Å². The molecule has 4 heteroatoms.